The maximum absolute atomic E-state index is 11.6. The van der Waals surface area contributed by atoms with Crippen LogP contribution in [0.25, 0.3) is 22.3 Å². The average Bonchev–Trinajstić information content (AvgIpc) is 3.16. The zero-order chi connectivity index (χ0) is 25.3. The molecule has 1 amide bonds. The van der Waals surface area contributed by atoms with Crippen LogP contribution in [0.2, 0.25) is 0 Å². The van der Waals surface area contributed by atoms with Crippen molar-refractivity contribution in [2.24, 2.45) is 0 Å². The Hall–Kier alpha value is -2.27. The quantitative estimate of drug-likeness (QED) is 0.337. The minimum absolute atomic E-state index is 0.0109. The van der Waals surface area contributed by atoms with Gasteiger partial charge in [0.05, 0.1) is 0 Å². The number of ether oxygens (including phenoxy) is 1. The van der Waals surface area contributed by atoms with Crippen molar-refractivity contribution in [1.82, 2.24) is 27.5 Å². The van der Waals surface area contributed by atoms with Crippen LogP contribution >= 0.6 is 0 Å². The van der Waals surface area contributed by atoms with Crippen molar-refractivity contribution < 1.29 is 31.0 Å². The molecular weight excluding hydrogens is 543 g/mol. The fourth-order valence-corrected chi connectivity index (χ4v) is 4.79. The predicted molar refractivity (Wildman–Crippen MR) is 133 cm³/mol. The van der Waals surface area contributed by atoms with E-state index in [1.807, 2.05) is 40.8 Å². The fraction of sp³-hybridized carbons (Fsp3) is 0.520. The first-order chi connectivity index (χ1) is 16.2. The van der Waals surface area contributed by atoms with Crippen molar-refractivity contribution in [1.29, 1.82) is 0 Å². The normalized spacial score (nSPS) is 14.2. The summed E-state index contributed by atoms with van der Waals surface area (Å²) in [6, 6.07) is 2.15. The van der Waals surface area contributed by atoms with E-state index in [-0.39, 0.29) is 33.2 Å². The average molecular weight is 582 g/mol. The number of fused-ring (bicyclic) bond motifs is 1. The van der Waals surface area contributed by atoms with Gasteiger partial charge in [-0.3, -0.25) is 0 Å². The molecule has 0 N–H and O–H groups in total. The summed E-state index contributed by atoms with van der Waals surface area (Å²) in [5.74, 6) is 0. The Labute approximate surface area is 214 Å². The third-order valence-corrected chi connectivity index (χ3v) is 6.77. The van der Waals surface area contributed by atoms with Gasteiger partial charge in [-0.25, -0.2) is 4.79 Å². The van der Waals surface area contributed by atoms with Gasteiger partial charge in [0, 0.05) is 26.2 Å². The molecule has 0 saturated carbocycles. The molecule has 1 aliphatic heterocycles. The second kappa shape index (κ2) is 13.0. The molecule has 0 aliphatic carbocycles. The number of likely N-dealkylation sites (N-methyl/N-ethyl adjacent to an activating group) is 1. The monoisotopic (exact) mass is 581 g/mol. The topological polar surface area (TPSA) is 76.4 Å². The Kier molecular flexibility index (Phi) is 10.7. The van der Waals surface area contributed by atoms with E-state index in [0.29, 0.717) is 0 Å². The molecule has 188 valence electrons. The number of pyridine rings is 1. The standard InChI is InChI=1S/C13H12IN4.C10H20N2O2.C2H6/c1-9-8-18(14-2)13-11(9)5-10(6-17-13)12-7-15-3-4-16-12;1-10(2,3)14-9(13)12-7-5-11(4)6-8-12;1-2/h3-8H,1-2H3;5-8H2,1-4H3;1-2H3/q-1;;. The van der Waals surface area contributed by atoms with E-state index < -0.39 is 0 Å². The van der Waals surface area contributed by atoms with Gasteiger partial charge in [0.1, 0.15) is 5.60 Å². The number of rotatable bonds is 2. The van der Waals surface area contributed by atoms with Gasteiger partial charge >= 0.3 is 122 Å². The zero-order valence-electron chi connectivity index (χ0n) is 21.7. The van der Waals surface area contributed by atoms with Crippen molar-refractivity contribution in [3.63, 3.8) is 0 Å². The van der Waals surface area contributed by atoms with Crippen molar-refractivity contribution >= 4 is 17.1 Å². The molecule has 1 aliphatic rings. The van der Waals surface area contributed by atoms with Crippen LogP contribution in [0.1, 0.15) is 40.2 Å². The van der Waals surface area contributed by atoms with Crippen molar-refractivity contribution in [3.05, 3.63) is 42.6 Å². The van der Waals surface area contributed by atoms with E-state index in [1.54, 1.807) is 23.5 Å². The Morgan fingerprint density at radius 3 is 2.29 bits per heavy atom. The van der Waals surface area contributed by atoms with Crippen LogP contribution in [-0.2, 0) is 4.74 Å². The summed E-state index contributed by atoms with van der Waals surface area (Å²) in [5.41, 5.74) is 3.84. The molecule has 1 saturated heterocycles. The van der Waals surface area contributed by atoms with Crippen molar-refractivity contribution in [2.75, 3.05) is 38.2 Å². The van der Waals surface area contributed by atoms with Crippen LogP contribution in [-0.4, -0.2) is 77.4 Å². The first-order valence-corrected chi connectivity index (χ1v) is 14.7. The van der Waals surface area contributed by atoms with E-state index in [1.165, 1.54) is 10.9 Å². The number of nitrogens with zero attached hydrogens (tertiary/aromatic N) is 6. The van der Waals surface area contributed by atoms with Crippen LogP contribution < -0.4 is 21.5 Å². The van der Waals surface area contributed by atoms with E-state index in [2.05, 4.69) is 53.8 Å². The molecule has 0 bridgehead atoms. The number of hydrogen-bond donors (Lipinski definition) is 0. The number of halogens is 1. The van der Waals surface area contributed by atoms with Gasteiger partial charge in [-0.2, -0.15) is 0 Å². The first-order valence-electron chi connectivity index (χ1n) is 11.6. The zero-order valence-corrected chi connectivity index (χ0v) is 23.8. The third kappa shape index (κ3) is 7.90. The van der Waals surface area contributed by atoms with E-state index in [4.69, 9.17) is 4.74 Å². The van der Waals surface area contributed by atoms with Gasteiger partial charge in [0.15, 0.2) is 0 Å². The summed E-state index contributed by atoms with van der Waals surface area (Å²) in [4.78, 5) is 30.8. The Morgan fingerprint density at radius 2 is 1.74 bits per heavy atom. The summed E-state index contributed by atoms with van der Waals surface area (Å²) in [6.07, 6.45) is 9.02. The molecule has 0 radical (unpaired) electrons. The molecule has 34 heavy (non-hydrogen) atoms. The molecule has 4 heterocycles. The van der Waals surface area contributed by atoms with Gasteiger partial charge in [-0.15, -0.1) is 0 Å². The van der Waals surface area contributed by atoms with Gasteiger partial charge in [0.25, 0.3) is 0 Å². The van der Waals surface area contributed by atoms with Crippen molar-refractivity contribution in [2.45, 2.75) is 47.1 Å². The van der Waals surface area contributed by atoms with Gasteiger partial charge in [0.2, 0.25) is 0 Å². The number of aromatic nitrogens is 4. The number of piperazine rings is 1. The van der Waals surface area contributed by atoms with Crippen LogP contribution in [0.5, 0.6) is 0 Å². The van der Waals surface area contributed by atoms with Crippen LogP contribution in [0, 0.1) is 6.92 Å². The second-order valence-corrected chi connectivity index (χ2v) is 10.8. The molecule has 4 rings (SSSR count). The fourth-order valence-electron chi connectivity index (χ4n) is 3.25. The Bertz CT molecular complexity index is 1040. The summed E-state index contributed by atoms with van der Waals surface area (Å²) < 4.78 is 7.55. The minimum atomic E-state index is -0.388. The van der Waals surface area contributed by atoms with Crippen LogP contribution in [0.3, 0.4) is 0 Å². The molecule has 1 fully saturated rings. The number of carbonyl (C=O) groups excluding carboxylic acids is 1. The Morgan fingerprint density at radius 1 is 1.06 bits per heavy atom. The summed E-state index contributed by atoms with van der Waals surface area (Å²) in [7, 11) is 2.06. The molecule has 3 aromatic heterocycles. The second-order valence-electron chi connectivity index (χ2n) is 8.75. The van der Waals surface area contributed by atoms with Gasteiger partial charge < -0.3 is 14.5 Å². The number of amides is 1. The summed E-state index contributed by atoms with van der Waals surface area (Å²) in [5, 5.41) is 1.21. The van der Waals surface area contributed by atoms with Gasteiger partial charge in [-0.1, -0.05) is 13.8 Å². The first kappa shape index (κ1) is 28.0. The molecule has 0 unspecified atom stereocenters. The molecule has 0 aromatic carbocycles. The summed E-state index contributed by atoms with van der Waals surface area (Å²) >= 11 is -0.0109. The predicted octanol–water partition coefficient (Wildman–Crippen LogP) is 1.48. The summed E-state index contributed by atoms with van der Waals surface area (Å²) in [6.45, 7) is 15.2. The molecule has 0 atom stereocenters. The van der Waals surface area contributed by atoms with Crippen LogP contribution in [0.4, 0.5) is 4.79 Å². The third-order valence-electron chi connectivity index (χ3n) is 5.00. The molecule has 9 heteroatoms. The molecular formula is C25H38IN6O2-. The maximum atomic E-state index is 11.6. The molecule has 8 nitrogen and oxygen atoms in total. The molecule has 0 spiro atoms. The van der Waals surface area contributed by atoms with Crippen molar-refractivity contribution in [3.8, 4) is 11.3 Å². The SMILES string of the molecule is CC.CN1CCN(C(=O)OC(C)(C)C)CC1.C[I-]n1cc(C)c2cc(-c3cnccn3)cnc21. The number of alkyl halides is 1. The van der Waals surface area contributed by atoms with E-state index >= 15 is 0 Å². The Balaban J connectivity index is 0.000000231. The van der Waals surface area contributed by atoms with E-state index in [9.17, 15) is 4.79 Å². The molecule has 3 aromatic rings. The number of carbonyl (C=O) groups is 1. The van der Waals surface area contributed by atoms with Gasteiger partial charge in [-0.05, 0) is 27.8 Å². The van der Waals surface area contributed by atoms with E-state index in [0.717, 1.165) is 43.1 Å². The number of hydrogen-bond acceptors (Lipinski definition) is 6. The number of aryl methyl sites for hydroxylation is 1. The van der Waals surface area contributed by atoms with Crippen LogP contribution in [0.15, 0.2) is 37.1 Å².